The van der Waals surface area contributed by atoms with E-state index in [-0.39, 0.29) is 16.8 Å². The van der Waals surface area contributed by atoms with Crippen LogP contribution in [-0.2, 0) is 10.0 Å². The fourth-order valence-corrected chi connectivity index (χ4v) is 2.23. The van der Waals surface area contributed by atoms with Crippen molar-refractivity contribution in [2.75, 3.05) is 19.3 Å². The number of hydrogen-bond donors (Lipinski definition) is 2. The fraction of sp³-hybridized carbons (Fsp3) is 0.300. The van der Waals surface area contributed by atoms with E-state index in [1.165, 1.54) is 7.05 Å². The van der Waals surface area contributed by atoms with E-state index < -0.39 is 33.1 Å². The molecule has 0 saturated heterocycles. The van der Waals surface area contributed by atoms with E-state index in [4.69, 9.17) is 0 Å². The molecule has 0 radical (unpaired) electrons. The number of halogens is 3. The van der Waals surface area contributed by atoms with Gasteiger partial charge in [0.2, 0.25) is 10.0 Å². The van der Waals surface area contributed by atoms with Crippen molar-refractivity contribution in [1.29, 1.82) is 0 Å². The minimum absolute atomic E-state index is 0.164. The highest BCUT2D eigenvalue weighted by Crippen LogP contribution is 2.19. The number of carbonyl (C=O) groups excluding carboxylic acids is 1. The van der Waals surface area contributed by atoms with Crippen molar-refractivity contribution in [3.63, 3.8) is 0 Å². The molecular weight excluding hydrogens is 346 g/mol. The average molecular weight is 357 g/mol. The first-order valence-corrected chi connectivity index (χ1v) is 7.55. The highest BCUT2D eigenvalue weighted by Gasteiger charge is 2.18. The molecule has 5 nitrogen and oxygen atoms in total. The van der Waals surface area contributed by atoms with Gasteiger partial charge in [0.15, 0.2) is 0 Å². The second kappa shape index (κ2) is 6.40. The second-order valence-electron chi connectivity index (χ2n) is 3.52. The van der Waals surface area contributed by atoms with E-state index >= 15 is 0 Å². The lowest BCUT2D eigenvalue weighted by molar-refractivity contribution is 0.0947. The maximum atomic E-state index is 13.4. The lowest BCUT2D eigenvalue weighted by Crippen LogP contribution is -2.33. The summed E-state index contributed by atoms with van der Waals surface area (Å²) in [5.41, 5.74) is -0.745. The van der Waals surface area contributed by atoms with Crippen molar-refractivity contribution in [3.05, 3.63) is 33.8 Å². The number of nitrogens with one attached hydrogen (secondary N) is 2. The smallest absolute Gasteiger partial charge is 0.257 e. The Morgan fingerprint density at radius 2 is 1.84 bits per heavy atom. The number of amides is 1. The summed E-state index contributed by atoms with van der Waals surface area (Å²) in [6.07, 6.45) is 0. The molecule has 106 valence electrons. The van der Waals surface area contributed by atoms with E-state index in [2.05, 4.69) is 26.0 Å². The van der Waals surface area contributed by atoms with Crippen LogP contribution < -0.4 is 10.0 Å². The van der Waals surface area contributed by atoms with Gasteiger partial charge in [0, 0.05) is 11.0 Å². The van der Waals surface area contributed by atoms with Gasteiger partial charge in [-0.3, -0.25) is 4.79 Å². The first-order valence-electron chi connectivity index (χ1n) is 5.11. The van der Waals surface area contributed by atoms with Gasteiger partial charge in [-0.15, -0.1) is 0 Å². The van der Waals surface area contributed by atoms with Gasteiger partial charge in [0.25, 0.3) is 5.91 Å². The first kappa shape index (κ1) is 16.0. The molecule has 1 aromatic rings. The van der Waals surface area contributed by atoms with Gasteiger partial charge >= 0.3 is 0 Å². The van der Waals surface area contributed by atoms with Crippen molar-refractivity contribution >= 4 is 31.9 Å². The van der Waals surface area contributed by atoms with Crippen LogP contribution >= 0.6 is 15.9 Å². The molecule has 1 rings (SSSR count). The Labute approximate surface area is 117 Å². The zero-order valence-electron chi connectivity index (χ0n) is 9.84. The third-order valence-corrected chi connectivity index (χ3v) is 4.02. The summed E-state index contributed by atoms with van der Waals surface area (Å²) < 4.78 is 51.2. The van der Waals surface area contributed by atoms with Gasteiger partial charge < -0.3 is 5.32 Å². The van der Waals surface area contributed by atoms with Gasteiger partial charge in [0.05, 0.1) is 5.75 Å². The monoisotopic (exact) mass is 356 g/mol. The maximum absolute atomic E-state index is 13.4. The lowest BCUT2D eigenvalue weighted by Gasteiger charge is -2.07. The molecule has 0 aliphatic heterocycles. The summed E-state index contributed by atoms with van der Waals surface area (Å²) in [6, 6.07) is 1.89. The van der Waals surface area contributed by atoms with E-state index in [1.54, 1.807) is 0 Å². The molecular formula is C10H11BrF2N2O3S. The summed E-state index contributed by atoms with van der Waals surface area (Å²) in [5.74, 6) is -3.44. The lowest BCUT2D eigenvalue weighted by atomic mass is 10.2. The van der Waals surface area contributed by atoms with E-state index in [0.717, 1.165) is 12.1 Å². The van der Waals surface area contributed by atoms with Crippen molar-refractivity contribution in [2.24, 2.45) is 0 Å². The van der Waals surface area contributed by atoms with Gasteiger partial charge in [-0.1, -0.05) is 15.9 Å². The highest BCUT2D eigenvalue weighted by molar-refractivity contribution is 9.10. The predicted molar refractivity (Wildman–Crippen MR) is 69.2 cm³/mol. The molecule has 0 fully saturated rings. The number of sulfonamides is 1. The molecule has 0 saturated carbocycles. The van der Waals surface area contributed by atoms with Gasteiger partial charge in [0.1, 0.15) is 17.2 Å². The fourth-order valence-electron chi connectivity index (χ4n) is 1.25. The molecule has 0 bridgehead atoms. The minimum atomic E-state index is -3.48. The molecule has 0 spiro atoms. The highest BCUT2D eigenvalue weighted by atomic mass is 79.9. The van der Waals surface area contributed by atoms with Crippen molar-refractivity contribution in [1.82, 2.24) is 10.0 Å². The number of hydrogen-bond acceptors (Lipinski definition) is 3. The quantitative estimate of drug-likeness (QED) is 0.826. The number of benzene rings is 1. The molecule has 0 unspecified atom stereocenters. The Morgan fingerprint density at radius 3 is 2.32 bits per heavy atom. The number of rotatable bonds is 5. The zero-order chi connectivity index (χ0) is 14.6. The molecule has 2 N–H and O–H groups in total. The van der Waals surface area contributed by atoms with Crippen LogP contribution in [0.2, 0.25) is 0 Å². The molecule has 1 amide bonds. The third kappa shape index (κ3) is 4.51. The minimum Gasteiger partial charge on any atom is -0.351 e. The molecule has 0 aromatic heterocycles. The van der Waals surface area contributed by atoms with Crippen molar-refractivity contribution in [2.45, 2.75) is 0 Å². The van der Waals surface area contributed by atoms with Crippen LogP contribution in [0.5, 0.6) is 0 Å². The standard InChI is InChI=1S/C10H11BrF2N2O3S/c1-14-19(17,18)3-2-15-10(16)9-7(12)4-6(11)5-8(9)13/h4-5,14H,2-3H2,1H3,(H,15,16). The van der Waals surface area contributed by atoms with Crippen molar-refractivity contribution in [3.8, 4) is 0 Å². The Kier molecular flexibility index (Phi) is 5.39. The van der Waals surface area contributed by atoms with Crippen LogP contribution in [0, 0.1) is 11.6 Å². The predicted octanol–water partition coefficient (Wildman–Crippen LogP) is 1.01. The summed E-state index contributed by atoms with van der Waals surface area (Å²) in [6.45, 7) is -0.253. The Bertz CT molecular complexity index is 569. The van der Waals surface area contributed by atoms with Crippen LogP contribution in [0.25, 0.3) is 0 Å². The molecule has 0 aliphatic carbocycles. The van der Waals surface area contributed by atoms with E-state index in [9.17, 15) is 22.0 Å². The number of carbonyl (C=O) groups is 1. The molecule has 19 heavy (non-hydrogen) atoms. The van der Waals surface area contributed by atoms with E-state index in [1.807, 2.05) is 0 Å². The molecule has 0 atom stereocenters. The Balaban J connectivity index is 2.75. The Hall–Kier alpha value is -1.06. The van der Waals surface area contributed by atoms with E-state index in [0.29, 0.717) is 0 Å². The van der Waals surface area contributed by atoms with Gasteiger partial charge in [-0.2, -0.15) is 0 Å². The molecule has 0 aliphatic rings. The van der Waals surface area contributed by atoms with Crippen LogP contribution in [0.1, 0.15) is 10.4 Å². The second-order valence-corrected chi connectivity index (χ2v) is 6.48. The summed E-state index contributed by atoms with van der Waals surface area (Å²) in [4.78, 5) is 11.6. The van der Waals surface area contributed by atoms with Crippen LogP contribution in [-0.4, -0.2) is 33.7 Å². The van der Waals surface area contributed by atoms with Crippen LogP contribution in [0.15, 0.2) is 16.6 Å². The summed E-state index contributed by atoms with van der Waals surface area (Å²) in [5, 5.41) is 2.14. The SMILES string of the molecule is CNS(=O)(=O)CCNC(=O)c1c(F)cc(Br)cc1F. The topological polar surface area (TPSA) is 75.3 Å². The van der Waals surface area contributed by atoms with Crippen molar-refractivity contribution < 1.29 is 22.0 Å². The molecule has 0 heterocycles. The maximum Gasteiger partial charge on any atom is 0.257 e. The summed E-state index contributed by atoms with van der Waals surface area (Å²) >= 11 is 2.89. The summed E-state index contributed by atoms with van der Waals surface area (Å²) in [7, 11) is -2.26. The largest absolute Gasteiger partial charge is 0.351 e. The Morgan fingerprint density at radius 1 is 1.32 bits per heavy atom. The molecule has 1 aromatic carbocycles. The van der Waals surface area contributed by atoms with Crippen LogP contribution in [0.3, 0.4) is 0 Å². The van der Waals surface area contributed by atoms with Gasteiger partial charge in [-0.05, 0) is 19.2 Å². The van der Waals surface area contributed by atoms with Crippen LogP contribution in [0.4, 0.5) is 8.78 Å². The normalized spacial score (nSPS) is 11.4. The van der Waals surface area contributed by atoms with Gasteiger partial charge in [-0.25, -0.2) is 21.9 Å². The third-order valence-electron chi connectivity index (χ3n) is 2.20. The average Bonchev–Trinajstić information content (AvgIpc) is 2.27. The zero-order valence-corrected chi connectivity index (χ0v) is 12.2. The first-order chi connectivity index (χ1) is 8.76. The molecule has 9 heteroatoms.